The summed E-state index contributed by atoms with van der Waals surface area (Å²) in [6, 6.07) is 23.9. The lowest BCUT2D eigenvalue weighted by molar-refractivity contribution is -0.140. The van der Waals surface area contributed by atoms with Crippen molar-refractivity contribution in [2.24, 2.45) is 0 Å². The molecule has 1 aliphatic heterocycles. The van der Waals surface area contributed by atoms with Crippen LogP contribution in [0.25, 0.3) is 0 Å². The first-order chi connectivity index (χ1) is 23.2. The molecule has 3 aromatic carbocycles. The lowest BCUT2D eigenvalue weighted by Gasteiger charge is -2.24. The Morgan fingerprint density at radius 1 is 0.771 bits per heavy atom. The number of aromatic nitrogens is 3. The van der Waals surface area contributed by atoms with Crippen molar-refractivity contribution in [1.29, 1.82) is 0 Å². The molecule has 4 aromatic rings. The first-order valence-electron chi connectivity index (χ1n) is 14.8. The van der Waals surface area contributed by atoms with E-state index in [2.05, 4.69) is 15.4 Å². The third-order valence-electron chi connectivity index (χ3n) is 6.98. The van der Waals surface area contributed by atoms with E-state index >= 15 is 0 Å². The van der Waals surface area contributed by atoms with E-state index in [4.69, 9.17) is 23.7 Å². The normalized spacial score (nSPS) is 18.4. The van der Waals surface area contributed by atoms with Crippen LogP contribution in [-0.4, -0.2) is 76.7 Å². The fourth-order valence-electron chi connectivity index (χ4n) is 4.72. The van der Waals surface area contributed by atoms with Crippen molar-refractivity contribution >= 4 is 29.7 Å². The van der Waals surface area contributed by atoms with Crippen molar-refractivity contribution in [2.75, 3.05) is 25.1 Å². The van der Waals surface area contributed by atoms with Gasteiger partial charge in [0.25, 0.3) is 5.56 Å². The van der Waals surface area contributed by atoms with E-state index in [0.717, 1.165) is 0 Å². The van der Waals surface area contributed by atoms with E-state index in [-0.39, 0.29) is 23.3 Å². The summed E-state index contributed by atoms with van der Waals surface area (Å²) in [7, 11) is 0. The summed E-state index contributed by atoms with van der Waals surface area (Å²) in [6.45, 7) is 0.720. The van der Waals surface area contributed by atoms with Gasteiger partial charge in [0.1, 0.15) is 19.3 Å². The fourth-order valence-corrected chi connectivity index (χ4v) is 4.72. The highest BCUT2D eigenvalue weighted by molar-refractivity contribution is 5.91. The molecule has 15 nitrogen and oxygen atoms in total. The third kappa shape index (κ3) is 8.00. The number of rotatable bonds is 12. The number of esters is 4. The highest BCUT2D eigenvalue weighted by Crippen LogP contribution is 2.34. The molecule has 0 unspecified atom stereocenters. The highest BCUT2D eigenvalue weighted by atomic mass is 16.7. The zero-order valence-electron chi connectivity index (χ0n) is 25.5. The number of carbonyl (C=O) groups excluding carboxylic acids is 4. The van der Waals surface area contributed by atoms with Crippen molar-refractivity contribution in [3.8, 4) is 0 Å². The maximum atomic E-state index is 13.3. The van der Waals surface area contributed by atoms with Crippen molar-refractivity contribution in [1.82, 2.24) is 14.8 Å². The van der Waals surface area contributed by atoms with Gasteiger partial charge >= 0.3 is 29.6 Å². The van der Waals surface area contributed by atoms with Crippen LogP contribution in [0, 0.1) is 0 Å². The quantitative estimate of drug-likeness (QED) is 0.166. The summed E-state index contributed by atoms with van der Waals surface area (Å²) in [5.74, 6) is -3.58. The maximum Gasteiger partial charge on any atom is 0.347 e. The molecule has 48 heavy (non-hydrogen) atoms. The lowest BCUT2D eigenvalue weighted by Crippen LogP contribution is -2.44. The van der Waals surface area contributed by atoms with Gasteiger partial charge in [-0.1, -0.05) is 54.6 Å². The van der Waals surface area contributed by atoms with Gasteiger partial charge in [0.05, 0.1) is 23.3 Å². The number of hydrogen-bond acceptors (Lipinski definition) is 13. The van der Waals surface area contributed by atoms with E-state index in [0.29, 0.717) is 4.68 Å². The standard InChI is InChI=1S/C33H30N4O11/c1-2-44-24(38)18-34-27-28(39)35-33(43)37(36-27)29-26(48-32(42)22-16-10-5-11-17-22)25(47-31(41)21-14-8-4-9-15-21)23(46-29)19-45-30(40)20-12-6-3-7-13-20/h3-17,23,25-26,29H,2,18-19H2,1H3,(H,34,36)(H,35,39,43)/t23-,25+,26-,29-/m1/s1. The second-order valence-electron chi connectivity index (χ2n) is 10.2. The van der Waals surface area contributed by atoms with Gasteiger partial charge in [0, 0.05) is 0 Å². The van der Waals surface area contributed by atoms with Crippen LogP contribution in [0.2, 0.25) is 0 Å². The van der Waals surface area contributed by atoms with Gasteiger partial charge in [-0.25, -0.2) is 19.2 Å². The minimum atomic E-state index is -1.63. The Bertz CT molecular complexity index is 1860. The number of ether oxygens (including phenoxy) is 5. The van der Waals surface area contributed by atoms with Crippen LogP contribution in [0.4, 0.5) is 5.82 Å². The first kappa shape index (κ1) is 33.3. The molecule has 2 heterocycles. The van der Waals surface area contributed by atoms with Gasteiger partial charge in [0.15, 0.2) is 18.4 Å². The number of carbonyl (C=O) groups is 4. The maximum absolute atomic E-state index is 13.3. The Labute approximate surface area is 272 Å². The zero-order valence-corrected chi connectivity index (χ0v) is 25.5. The topological polar surface area (TPSA) is 194 Å². The Balaban J connectivity index is 1.53. The van der Waals surface area contributed by atoms with Gasteiger partial charge < -0.3 is 29.0 Å². The van der Waals surface area contributed by atoms with Crippen molar-refractivity contribution < 1.29 is 42.9 Å². The molecule has 0 saturated carbocycles. The van der Waals surface area contributed by atoms with E-state index in [1.807, 2.05) is 0 Å². The Morgan fingerprint density at radius 2 is 1.29 bits per heavy atom. The van der Waals surface area contributed by atoms with Gasteiger partial charge in [0.2, 0.25) is 5.82 Å². The Hall–Kier alpha value is -6.09. The number of hydrogen-bond donors (Lipinski definition) is 2. The van der Waals surface area contributed by atoms with Crippen LogP contribution in [0.3, 0.4) is 0 Å². The summed E-state index contributed by atoms with van der Waals surface area (Å²) >= 11 is 0. The monoisotopic (exact) mass is 658 g/mol. The molecule has 248 valence electrons. The van der Waals surface area contributed by atoms with Gasteiger partial charge in [-0.15, -0.1) is 5.10 Å². The second kappa shape index (κ2) is 15.5. The molecule has 0 amide bonds. The predicted octanol–water partition coefficient (Wildman–Crippen LogP) is 2.11. The summed E-state index contributed by atoms with van der Waals surface area (Å²) in [4.78, 5) is 79.2. The number of nitrogens with zero attached hydrogens (tertiary/aromatic N) is 2. The summed E-state index contributed by atoms with van der Waals surface area (Å²) in [5, 5.41) is 6.54. The molecular weight excluding hydrogens is 628 g/mol. The highest BCUT2D eigenvalue weighted by Gasteiger charge is 2.52. The molecule has 1 saturated heterocycles. The molecule has 4 atom stereocenters. The molecule has 2 N–H and O–H groups in total. The SMILES string of the molecule is CCOC(=O)CNc1nn([C@@H]2O[C@H](COC(=O)c3ccccc3)[C@H](OC(=O)c3ccccc3)[C@H]2OC(=O)c2ccccc2)c(=O)[nH]c1=O. The Morgan fingerprint density at radius 3 is 1.83 bits per heavy atom. The van der Waals surface area contributed by atoms with Crippen molar-refractivity contribution in [3.05, 3.63) is 129 Å². The number of H-pyrrole nitrogens is 1. The molecule has 1 fully saturated rings. The molecule has 5 rings (SSSR count). The smallest absolute Gasteiger partial charge is 0.347 e. The molecular formula is C33H30N4O11. The molecule has 0 bridgehead atoms. The van der Waals surface area contributed by atoms with Gasteiger partial charge in [-0.2, -0.15) is 4.68 Å². The van der Waals surface area contributed by atoms with Crippen LogP contribution in [0.1, 0.15) is 44.2 Å². The van der Waals surface area contributed by atoms with Crippen LogP contribution in [0.5, 0.6) is 0 Å². The average Bonchev–Trinajstić information content (AvgIpc) is 3.43. The van der Waals surface area contributed by atoms with E-state index in [1.54, 1.807) is 61.5 Å². The van der Waals surface area contributed by atoms with E-state index in [1.165, 1.54) is 36.4 Å². The summed E-state index contributed by atoms with van der Waals surface area (Å²) in [6.07, 6.45) is -5.96. The van der Waals surface area contributed by atoms with Gasteiger partial charge in [-0.3, -0.25) is 14.6 Å². The molecule has 1 aliphatic rings. The predicted molar refractivity (Wildman–Crippen MR) is 166 cm³/mol. The molecule has 15 heteroatoms. The van der Waals surface area contributed by atoms with Crippen molar-refractivity contribution in [3.63, 3.8) is 0 Å². The van der Waals surface area contributed by atoms with E-state index < -0.39 is 78.6 Å². The van der Waals surface area contributed by atoms with Crippen LogP contribution in [-0.2, 0) is 28.5 Å². The average molecular weight is 659 g/mol. The fraction of sp³-hybridized carbons (Fsp3) is 0.242. The second-order valence-corrected chi connectivity index (χ2v) is 10.2. The minimum Gasteiger partial charge on any atom is -0.465 e. The number of aromatic amines is 1. The summed E-state index contributed by atoms with van der Waals surface area (Å²) in [5.41, 5.74) is -1.53. The summed E-state index contributed by atoms with van der Waals surface area (Å²) < 4.78 is 28.8. The van der Waals surface area contributed by atoms with E-state index in [9.17, 15) is 28.8 Å². The Kier molecular flexibility index (Phi) is 10.7. The van der Waals surface area contributed by atoms with Crippen molar-refractivity contribution in [2.45, 2.75) is 31.5 Å². The van der Waals surface area contributed by atoms with Crippen LogP contribution < -0.4 is 16.6 Å². The van der Waals surface area contributed by atoms with Gasteiger partial charge in [-0.05, 0) is 43.3 Å². The molecule has 1 aromatic heterocycles. The third-order valence-corrected chi connectivity index (χ3v) is 6.98. The molecule has 0 spiro atoms. The minimum absolute atomic E-state index is 0.0908. The number of nitrogens with one attached hydrogen (secondary N) is 2. The molecule has 0 radical (unpaired) electrons. The number of benzene rings is 3. The largest absolute Gasteiger partial charge is 0.465 e. The lowest BCUT2D eigenvalue weighted by atomic mass is 10.1. The zero-order chi connectivity index (χ0) is 34.0. The van der Waals surface area contributed by atoms with Crippen LogP contribution in [0.15, 0.2) is 101 Å². The first-order valence-corrected chi connectivity index (χ1v) is 14.8. The number of anilines is 1. The van der Waals surface area contributed by atoms with Crippen LogP contribution >= 0.6 is 0 Å². The molecule has 0 aliphatic carbocycles.